The third-order valence-corrected chi connectivity index (χ3v) is 3.96. The standard InChI is InChI=1S/C15H20N2OS/c1-3-8-16-13(14-5-4-9-19-14)10-12-6-7-15(18-2)17-11-12/h4-7,9,11,13,16H,3,8,10H2,1-2H3. The largest absolute Gasteiger partial charge is 0.481 e. The van der Waals surface area contributed by atoms with Gasteiger partial charge in [0.25, 0.3) is 0 Å². The minimum Gasteiger partial charge on any atom is -0.481 e. The van der Waals surface area contributed by atoms with Crippen LogP contribution < -0.4 is 10.1 Å². The highest BCUT2D eigenvalue weighted by Crippen LogP contribution is 2.23. The van der Waals surface area contributed by atoms with E-state index in [2.05, 4.69) is 40.8 Å². The molecule has 0 aliphatic heterocycles. The van der Waals surface area contributed by atoms with Gasteiger partial charge in [-0.25, -0.2) is 4.98 Å². The summed E-state index contributed by atoms with van der Waals surface area (Å²) in [6, 6.07) is 8.66. The molecule has 0 radical (unpaired) electrons. The summed E-state index contributed by atoms with van der Waals surface area (Å²) in [6.45, 7) is 3.22. The molecule has 1 unspecified atom stereocenters. The van der Waals surface area contributed by atoms with Crippen molar-refractivity contribution in [3.63, 3.8) is 0 Å². The van der Waals surface area contributed by atoms with E-state index in [0.717, 1.165) is 19.4 Å². The molecule has 0 spiro atoms. The fourth-order valence-electron chi connectivity index (χ4n) is 1.97. The van der Waals surface area contributed by atoms with Crippen molar-refractivity contribution >= 4 is 11.3 Å². The van der Waals surface area contributed by atoms with Crippen molar-refractivity contribution in [3.05, 3.63) is 46.3 Å². The van der Waals surface area contributed by atoms with Gasteiger partial charge >= 0.3 is 0 Å². The fourth-order valence-corrected chi connectivity index (χ4v) is 2.77. The van der Waals surface area contributed by atoms with Crippen LogP contribution in [0.15, 0.2) is 35.8 Å². The van der Waals surface area contributed by atoms with Crippen LogP contribution in [0.4, 0.5) is 0 Å². The Kier molecular flexibility index (Phi) is 5.36. The Morgan fingerprint density at radius 1 is 1.37 bits per heavy atom. The van der Waals surface area contributed by atoms with Crippen molar-refractivity contribution in [1.82, 2.24) is 10.3 Å². The molecule has 0 fully saturated rings. The zero-order chi connectivity index (χ0) is 13.5. The van der Waals surface area contributed by atoms with Gasteiger partial charge in [-0.1, -0.05) is 19.1 Å². The van der Waals surface area contributed by atoms with Gasteiger partial charge in [-0.15, -0.1) is 11.3 Å². The van der Waals surface area contributed by atoms with E-state index in [1.165, 1.54) is 10.4 Å². The number of pyridine rings is 1. The maximum Gasteiger partial charge on any atom is 0.212 e. The number of methoxy groups -OCH3 is 1. The minimum absolute atomic E-state index is 0.371. The van der Waals surface area contributed by atoms with Gasteiger partial charge in [0.15, 0.2) is 0 Å². The molecule has 0 saturated carbocycles. The Labute approximate surface area is 118 Å². The average Bonchev–Trinajstić information content (AvgIpc) is 2.98. The van der Waals surface area contributed by atoms with Crippen molar-refractivity contribution in [2.24, 2.45) is 0 Å². The summed E-state index contributed by atoms with van der Waals surface area (Å²) in [7, 11) is 1.64. The summed E-state index contributed by atoms with van der Waals surface area (Å²) in [6.07, 6.45) is 3.99. The second kappa shape index (κ2) is 7.26. The second-order valence-corrected chi connectivity index (χ2v) is 5.41. The molecule has 1 N–H and O–H groups in total. The van der Waals surface area contributed by atoms with Gasteiger partial charge in [0.05, 0.1) is 7.11 Å². The van der Waals surface area contributed by atoms with Crippen LogP contribution in [-0.4, -0.2) is 18.6 Å². The van der Waals surface area contributed by atoms with Gasteiger partial charge in [0.1, 0.15) is 0 Å². The van der Waals surface area contributed by atoms with E-state index in [1.807, 2.05) is 12.3 Å². The number of rotatable bonds is 7. The molecule has 0 aromatic carbocycles. The Morgan fingerprint density at radius 3 is 2.84 bits per heavy atom. The SMILES string of the molecule is CCCNC(Cc1ccc(OC)nc1)c1cccs1. The molecule has 0 saturated heterocycles. The van der Waals surface area contributed by atoms with E-state index in [0.29, 0.717) is 11.9 Å². The predicted molar refractivity (Wildman–Crippen MR) is 79.8 cm³/mol. The molecule has 0 aliphatic rings. The van der Waals surface area contributed by atoms with Crippen LogP contribution in [-0.2, 0) is 6.42 Å². The maximum absolute atomic E-state index is 5.09. The van der Waals surface area contributed by atoms with Crippen LogP contribution in [0.5, 0.6) is 5.88 Å². The first-order valence-electron chi connectivity index (χ1n) is 6.59. The van der Waals surface area contributed by atoms with Crippen LogP contribution in [0.25, 0.3) is 0 Å². The molecule has 0 bridgehead atoms. The molecule has 19 heavy (non-hydrogen) atoms. The number of thiophene rings is 1. The topological polar surface area (TPSA) is 34.1 Å². The van der Waals surface area contributed by atoms with Crippen LogP contribution >= 0.6 is 11.3 Å². The molecule has 0 aliphatic carbocycles. The molecule has 2 aromatic heterocycles. The third kappa shape index (κ3) is 4.04. The van der Waals surface area contributed by atoms with Gasteiger partial charge in [-0.2, -0.15) is 0 Å². The first-order chi connectivity index (χ1) is 9.33. The van der Waals surface area contributed by atoms with Crippen LogP contribution in [0, 0.1) is 0 Å². The Bertz CT molecular complexity index is 467. The van der Waals surface area contributed by atoms with E-state index in [9.17, 15) is 0 Å². The highest BCUT2D eigenvalue weighted by molar-refractivity contribution is 7.10. The third-order valence-electron chi connectivity index (χ3n) is 2.97. The first-order valence-corrected chi connectivity index (χ1v) is 7.47. The van der Waals surface area contributed by atoms with Crippen LogP contribution in [0.3, 0.4) is 0 Å². The predicted octanol–water partition coefficient (Wildman–Crippen LogP) is 3.44. The van der Waals surface area contributed by atoms with Crippen molar-refractivity contribution < 1.29 is 4.74 Å². The summed E-state index contributed by atoms with van der Waals surface area (Å²) in [5.41, 5.74) is 1.22. The highest BCUT2D eigenvalue weighted by Gasteiger charge is 2.12. The molecule has 2 heterocycles. The Balaban J connectivity index is 2.06. The van der Waals surface area contributed by atoms with Gasteiger partial charge in [-0.3, -0.25) is 0 Å². The van der Waals surface area contributed by atoms with Gasteiger partial charge < -0.3 is 10.1 Å². The average molecular weight is 276 g/mol. The summed E-state index contributed by atoms with van der Waals surface area (Å²) in [5.74, 6) is 0.665. The monoisotopic (exact) mass is 276 g/mol. The van der Waals surface area contributed by atoms with Crippen molar-refractivity contribution in [1.29, 1.82) is 0 Å². The molecule has 1 atom stereocenters. The van der Waals surface area contributed by atoms with E-state index in [1.54, 1.807) is 18.4 Å². The van der Waals surface area contributed by atoms with Crippen molar-refractivity contribution in [3.8, 4) is 5.88 Å². The van der Waals surface area contributed by atoms with Crippen molar-refractivity contribution in [2.75, 3.05) is 13.7 Å². The van der Waals surface area contributed by atoms with Gasteiger partial charge in [-0.05, 0) is 36.4 Å². The van der Waals surface area contributed by atoms with Gasteiger partial charge in [0, 0.05) is 23.2 Å². The Morgan fingerprint density at radius 2 is 2.26 bits per heavy atom. The molecule has 2 aromatic rings. The number of aromatic nitrogens is 1. The number of ether oxygens (including phenoxy) is 1. The lowest BCUT2D eigenvalue weighted by Gasteiger charge is -2.17. The van der Waals surface area contributed by atoms with E-state index in [4.69, 9.17) is 4.74 Å². The quantitative estimate of drug-likeness (QED) is 0.841. The van der Waals surface area contributed by atoms with E-state index < -0.39 is 0 Å². The molecule has 4 heteroatoms. The number of hydrogen-bond donors (Lipinski definition) is 1. The molecule has 3 nitrogen and oxygen atoms in total. The Hall–Kier alpha value is -1.39. The fraction of sp³-hybridized carbons (Fsp3) is 0.400. The molecular weight excluding hydrogens is 256 g/mol. The maximum atomic E-state index is 5.09. The number of nitrogens with one attached hydrogen (secondary N) is 1. The van der Waals surface area contributed by atoms with E-state index >= 15 is 0 Å². The van der Waals surface area contributed by atoms with Gasteiger partial charge in [0.2, 0.25) is 5.88 Å². The van der Waals surface area contributed by atoms with Crippen LogP contribution in [0.1, 0.15) is 29.8 Å². The van der Waals surface area contributed by atoms with Crippen LogP contribution in [0.2, 0.25) is 0 Å². The second-order valence-electron chi connectivity index (χ2n) is 4.44. The normalized spacial score (nSPS) is 12.3. The lowest BCUT2D eigenvalue weighted by Crippen LogP contribution is -2.23. The highest BCUT2D eigenvalue weighted by atomic mass is 32.1. The lowest BCUT2D eigenvalue weighted by molar-refractivity contribution is 0.397. The lowest BCUT2D eigenvalue weighted by atomic mass is 10.1. The van der Waals surface area contributed by atoms with Crippen molar-refractivity contribution in [2.45, 2.75) is 25.8 Å². The summed E-state index contributed by atoms with van der Waals surface area (Å²) in [5, 5.41) is 5.73. The minimum atomic E-state index is 0.371. The first kappa shape index (κ1) is 14.0. The molecule has 0 amide bonds. The summed E-state index contributed by atoms with van der Waals surface area (Å²) < 4.78 is 5.09. The molecule has 102 valence electrons. The number of nitrogens with zero attached hydrogens (tertiary/aromatic N) is 1. The zero-order valence-electron chi connectivity index (χ0n) is 11.4. The molecular formula is C15H20N2OS. The summed E-state index contributed by atoms with van der Waals surface area (Å²) in [4.78, 5) is 5.64. The summed E-state index contributed by atoms with van der Waals surface area (Å²) >= 11 is 1.80. The van der Waals surface area contributed by atoms with E-state index in [-0.39, 0.29) is 0 Å². The smallest absolute Gasteiger partial charge is 0.212 e. The zero-order valence-corrected chi connectivity index (χ0v) is 12.2. The number of hydrogen-bond acceptors (Lipinski definition) is 4. The molecule has 2 rings (SSSR count).